The Morgan fingerprint density at radius 1 is 1.31 bits per heavy atom. The minimum absolute atomic E-state index is 0.0573. The molecule has 0 unspecified atom stereocenters. The largest absolute Gasteiger partial charge is 0.381 e. The molecule has 1 fully saturated rings. The van der Waals surface area contributed by atoms with Gasteiger partial charge in [0.1, 0.15) is 0 Å². The van der Waals surface area contributed by atoms with Crippen LogP contribution in [-0.4, -0.2) is 25.7 Å². The fourth-order valence-electron chi connectivity index (χ4n) is 0.988. The molecule has 0 aromatic carbocycles. The maximum Gasteiger partial charge on any atom is 0.216 e. The molecule has 0 aliphatic carbocycles. The van der Waals surface area contributed by atoms with E-state index in [-0.39, 0.29) is 5.91 Å². The summed E-state index contributed by atoms with van der Waals surface area (Å²) in [5, 5.41) is 2.66. The summed E-state index contributed by atoms with van der Waals surface area (Å²) in [5.74, 6) is 0.0573. The number of nitrogens with one attached hydrogen (secondary N) is 1. The summed E-state index contributed by atoms with van der Waals surface area (Å²) < 4.78 is 5.07. The van der Waals surface area contributed by atoms with Gasteiger partial charge in [-0.1, -0.05) is 6.92 Å². The molecule has 0 atom stereocenters. The van der Waals surface area contributed by atoms with Crippen LogP contribution in [0, 0.1) is 0 Å². The van der Waals surface area contributed by atoms with E-state index in [2.05, 4.69) is 5.32 Å². The maximum atomic E-state index is 10.1. The third-order valence-corrected chi connectivity index (χ3v) is 1.70. The monoisotopic (exact) mass is 187 g/mol. The standard InChI is InChI=1S/C5H11NO.C5H10O/c1-3-4-6-5(2)7;1-2-4-6-5-3-1/h3-4H2,1-2H3,(H,6,7);1-5H2. The number of carbonyl (C=O) groups excluding carboxylic acids is 1. The van der Waals surface area contributed by atoms with E-state index >= 15 is 0 Å². The Morgan fingerprint density at radius 3 is 2.08 bits per heavy atom. The van der Waals surface area contributed by atoms with Crippen molar-refractivity contribution in [2.45, 2.75) is 39.5 Å². The van der Waals surface area contributed by atoms with Crippen molar-refractivity contribution in [2.24, 2.45) is 0 Å². The van der Waals surface area contributed by atoms with E-state index in [1.54, 1.807) is 0 Å². The predicted octanol–water partition coefficient (Wildman–Crippen LogP) is 1.72. The van der Waals surface area contributed by atoms with Crippen molar-refractivity contribution in [3.8, 4) is 0 Å². The summed E-state index contributed by atoms with van der Waals surface area (Å²) in [6.45, 7) is 6.35. The van der Waals surface area contributed by atoms with Gasteiger partial charge in [0.25, 0.3) is 0 Å². The zero-order valence-electron chi connectivity index (χ0n) is 8.77. The first-order valence-corrected chi connectivity index (χ1v) is 5.09. The molecular weight excluding hydrogens is 166 g/mol. The first-order chi connectivity index (χ1) is 6.27. The van der Waals surface area contributed by atoms with Crippen LogP contribution in [0.15, 0.2) is 0 Å². The Labute approximate surface area is 80.8 Å². The molecule has 1 aliphatic rings. The van der Waals surface area contributed by atoms with Crippen LogP contribution in [0.5, 0.6) is 0 Å². The Balaban J connectivity index is 0.000000223. The molecule has 1 saturated heterocycles. The molecule has 3 heteroatoms. The molecule has 1 N–H and O–H groups in total. The molecule has 78 valence electrons. The first kappa shape index (κ1) is 12.4. The van der Waals surface area contributed by atoms with Crippen LogP contribution in [0.2, 0.25) is 0 Å². The third kappa shape index (κ3) is 11.4. The molecule has 1 amide bonds. The minimum Gasteiger partial charge on any atom is -0.381 e. The van der Waals surface area contributed by atoms with E-state index in [0.29, 0.717) is 0 Å². The molecule has 1 rings (SSSR count). The van der Waals surface area contributed by atoms with Gasteiger partial charge in [-0.25, -0.2) is 0 Å². The van der Waals surface area contributed by atoms with Gasteiger partial charge in [0.2, 0.25) is 5.91 Å². The first-order valence-electron chi connectivity index (χ1n) is 5.09. The summed E-state index contributed by atoms with van der Waals surface area (Å²) in [4.78, 5) is 10.1. The predicted molar refractivity (Wildman–Crippen MR) is 53.6 cm³/mol. The highest BCUT2D eigenvalue weighted by Gasteiger charge is 1.95. The van der Waals surface area contributed by atoms with Crippen molar-refractivity contribution in [1.29, 1.82) is 0 Å². The van der Waals surface area contributed by atoms with Crippen LogP contribution in [0.4, 0.5) is 0 Å². The summed E-state index contributed by atoms with van der Waals surface area (Å²) in [6.07, 6.45) is 4.94. The quantitative estimate of drug-likeness (QED) is 0.715. The molecular formula is C10H21NO2. The Morgan fingerprint density at radius 2 is 1.92 bits per heavy atom. The van der Waals surface area contributed by atoms with Gasteiger partial charge < -0.3 is 10.1 Å². The molecule has 3 nitrogen and oxygen atoms in total. The fraction of sp³-hybridized carbons (Fsp3) is 0.900. The summed E-state index contributed by atoms with van der Waals surface area (Å²) in [6, 6.07) is 0. The maximum absolute atomic E-state index is 10.1. The Bertz CT molecular complexity index is 111. The molecule has 0 bridgehead atoms. The van der Waals surface area contributed by atoms with Gasteiger partial charge in [-0.3, -0.25) is 4.79 Å². The van der Waals surface area contributed by atoms with Gasteiger partial charge in [0, 0.05) is 26.7 Å². The highest BCUT2D eigenvalue weighted by atomic mass is 16.5. The minimum atomic E-state index is 0.0573. The average molecular weight is 187 g/mol. The van der Waals surface area contributed by atoms with Crippen molar-refractivity contribution in [1.82, 2.24) is 5.32 Å². The van der Waals surface area contributed by atoms with Crippen molar-refractivity contribution in [3.63, 3.8) is 0 Å². The van der Waals surface area contributed by atoms with Crippen molar-refractivity contribution in [3.05, 3.63) is 0 Å². The zero-order valence-corrected chi connectivity index (χ0v) is 8.77. The van der Waals surface area contributed by atoms with E-state index < -0.39 is 0 Å². The van der Waals surface area contributed by atoms with Gasteiger partial charge in [-0.2, -0.15) is 0 Å². The van der Waals surface area contributed by atoms with Crippen molar-refractivity contribution >= 4 is 5.91 Å². The van der Waals surface area contributed by atoms with Crippen LogP contribution in [-0.2, 0) is 9.53 Å². The van der Waals surface area contributed by atoms with E-state index in [1.165, 1.54) is 26.2 Å². The zero-order chi connectivity index (χ0) is 9.94. The molecule has 0 aromatic rings. The molecule has 0 radical (unpaired) electrons. The second kappa shape index (κ2) is 9.52. The van der Waals surface area contributed by atoms with Gasteiger partial charge in [0.05, 0.1) is 0 Å². The lowest BCUT2D eigenvalue weighted by atomic mass is 10.2. The fourth-order valence-corrected chi connectivity index (χ4v) is 0.988. The number of ether oxygens (including phenoxy) is 1. The van der Waals surface area contributed by atoms with Crippen molar-refractivity contribution in [2.75, 3.05) is 19.8 Å². The van der Waals surface area contributed by atoms with Crippen molar-refractivity contribution < 1.29 is 9.53 Å². The average Bonchev–Trinajstić information content (AvgIpc) is 2.18. The lowest BCUT2D eigenvalue weighted by Gasteiger charge is -2.08. The summed E-state index contributed by atoms with van der Waals surface area (Å²) in [7, 11) is 0. The van der Waals surface area contributed by atoms with E-state index in [9.17, 15) is 4.79 Å². The highest BCUT2D eigenvalue weighted by molar-refractivity contribution is 5.72. The Kier molecular flexibility index (Phi) is 9.10. The lowest BCUT2D eigenvalue weighted by Crippen LogP contribution is -2.19. The van der Waals surface area contributed by atoms with Gasteiger partial charge in [-0.15, -0.1) is 0 Å². The summed E-state index contributed by atoms with van der Waals surface area (Å²) >= 11 is 0. The second-order valence-electron chi connectivity index (χ2n) is 3.16. The Hall–Kier alpha value is -0.570. The van der Waals surface area contributed by atoms with Crippen LogP contribution in [0.1, 0.15) is 39.5 Å². The van der Waals surface area contributed by atoms with Crippen LogP contribution in [0.3, 0.4) is 0 Å². The molecule has 0 spiro atoms. The smallest absolute Gasteiger partial charge is 0.216 e. The van der Waals surface area contributed by atoms with E-state index in [4.69, 9.17) is 4.74 Å². The van der Waals surface area contributed by atoms with E-state index in [0.717, 1.165) is 26.2 Å². The third-order valence-electron chi connectivity index (χ3n) is 1.70. The normalized spacial score (nSPS) is 15.5. The second-order valence-corrected chi connectivity index (χ2v) is 3.16. The number of rotatable bonds is 2. The SMILES string of the molecule is C1CCOCC1.CCCNC(C)=O. The number of amides is 1. The molecule has 13 heavy (non-hydrogen) atoms. The number of carbonyl (C=O) groups is 1. The number of hydrogen-bond donors (Lipinski definition) is 1. The topological polar surface area (TPSA) is 38.3 Å². The van der Waals surface area contributed by atoms with Crippen LogP contribution >= 0.6 is 0 Å². The highest BCUT2D eigenvalue weighted by Crippen LogP contribution is 2.02. The van der Waals surface area contributed by atoms with E-state index in [1.807, 2.05) is 6.92 Å². The van der Waals surface area contributed by atoms with Crippen LogP contribution < -0.4 is 5.32 Å². The van der Waals surface area contributed by atoms with Gasteiger partial charge in [-0.05, 0) is 25.7 Å². The van der Waals surface area contributed by atoms with Crippen LogP contribution in [0.25, 0.3) is 0 Å². The molecule has 1 heterocycles. The molecule has 0 saturated carbocycles. The molecule has 0 aromatic heterocycles. The lowest BCUT2D eigenvalue weighted by molar-refractivity contribution is -0.118. The summed E-state index contributed by atoms with van der Waals surface area (Å²) in [5.41, 5.74) is 0. The van der Waals surface area contributed by atoms with Gasteiger partial charge in [0.15, 0.2) is 0 Å². The molecule has 1 aliphatic heterocycles. The number of hydrogen-bond acceptors (Lipinski definition) is 2. The van der Waals surface area contributed by atoms with Gasteiger partial charge >= 0.3 is 0 Å².